The molecule has 0 saturated heterocycles. The summed E-state index contributed by atoms with van der Waals surface area (Å²) in [7, 11) is 0. The van der Waals surface area contributed by atoms with Crippen molar-refractivity contribution in [3.8, 4) is 0 Å². The van der Waals surface area contributed by atoms with Crippen molar-refractivity contribution in [1.82, 2.24) is 0 Å². The van der Waals surface area contributed by atoms with Gasteiger partial charge in [0.05, 0.1) is 0 Å². The minimum Gasteiger partial charge on any atom is -0.324 e. The zero-order valence-corrected chi connectivity index (χ0v) is 14.8. The smallest absolute Gasteiger partial charge is 0.0332 e. The third kappa shape index (κ3) is 6.44. The van der Waals surface area contributed by atoms with Crippen molar-refractivity contribution in [3.05, 3.63) is 64.8 Å². The lowest BCUT2D eigenvalue weighted by Gasteiger charge is -2.13. The van der Waals surface area contributed by atoms with E-state index in [1.54, 1.807) is 0 Å². The molecular formula is C21H31N. The molecule has 2 N–H and O–H groups in total. The molecule has 0 aromatic heterocycles. The van der Waals surface area contributed by atoms with E-state index in [9.17, 15) is 0 Å². The molecular weight excluding hydrogens is 266 g/mol. The van der Waals surface area contributed by atoms with Gasteiger partial charge in [-0.3, -0.25) is 0 Å². The maximum absolute atomic E-state index is 6.35. The second-order valence-corrected chi connectivity index (χ2v) is 6.29. The second kappa shape index (κ2) is 9.42. The van der Waals surface area contributed by atoms with Gasteiger partial charge in [0, 0.05) is 6.04 Å². The van der Waals surface area contributed by atoms with Gasteiger partial charge in [0.25, 0.3) is 0 Å². The Bertz CT molecular complexity index is 530. The minimum absolute atomic E-state index is 0.0642. The molecule has 0 aliphatic heterocycles. The van der Waals surface area contributed by atoms with Gasteiger partial charge in [0.1, 0.15) is 0 Å². The quantitative estimate of drug-likeness (QED) is 0.609. The molecule has 22 heavy (non-hydrogen) atoms. The van der Waals surface area contributed by atoms with Crippen LogP contribution < -0.4 is 5.73 Å². The topological polar surface area (TPSA) is 26.0 Å². The van der Waals surface area contributed by atoms with Crippen molar-refractivity contribution in [2.75, 3.05) is 0 Å². The summed E-state index contributed by atoms with van der Waals surface area (Å²) >= 11 is 0. The van der Waals surface area contributed by atoms with E-state index < -0.39 is 0 Å². The van der Waals surface area contributed by atoms with Crippen molar-refractivity contribution in [2.45, 2.75) is 53.5 Å². The number of rotatable bonds is 7. The third-order valence-electron chi connectivity index (χ3n) is 3.79. The number of hydrogen-bond donors (Lipinski definition) is 1. The molecule has 1 atom stereocenters. The fourth-order valence-corrected chi connectivity index (χ4v) is 2.39. The van der Waals surface area contributed by atoms with Crippen LogP contribution in [-0.4, -0.2) is 0 Å². The Kier molecular flexibility index (Phi) is 7.90. The van der Waals surface area contributed by atoms with E-state index in [0.29, 0.717) is 5.92 Å². The molecule has 1 aromatic carbocycles. The first-order chi connectivity index (χ1) is 10.5. The van der Waals surface area contributed by atoms with Gasteiger partial charge in [-0.2, -0.15) is 0 Å². The Morgan fingerprint density at radius 2 is 1.82 bits per heavy atom. The molecule has 0 saturated carbocycles. The van der Waals surface area contributed by atoms with Gasteiger partial charge in [-0.15, -0.1) is 0 Å². The highest BCUT2D eigenvalue weighted by atomic mass is 14.6. The normalized spacial score (nSPS) is 14.9. The monoisotopic (exact) mass is 297 g/mol. The van der Waals surface area contributed by atoms with E-state index >= 15 is 0 Å². The average molecular weight is 297 g/mol. The molecule has 1 unspecified atom stereocenters. The number of nitrogens with two attached hydrogens (primary N) is 1. The maximum atomic E-state index is 6.35. The van der Waals surface area contributed by atoms with Gasteiger partial charge < -0.3 is 5.73 Å². The third-order valence-corrected chi connectivity index (χ3v) is 3.79. The van der Waals surface area contributed by atoms with E-state index in [-0.39, 0.29) is 6.04 Å². The lowest BCUT2D eigenvalue weighted by atomic mass is 9.97. The number of hydrogen-bond acceptors (Lipinski definition) is 1. The van der Waals surface area contributed by atoms with Gasteiger partial charge >= 0.3 is 0 Å². The number of allylic oxidation sites excluding steroid dienone is 4. The van der Waals surface area contributed by atoms with Crippen molar-refractivity contribution in [3.63, 3.8) is 0 Å². The predicted molar refractivity (Wildman–Crippen MR) is 99.7 cm³/mol. The van der Waals surface area contributed by atoms with Gasteiger partial charge in [-0.25, -0.2) is 0 Å². The first-order valence-corrected chi connectivity index (χ1v) is 8.32. The van der Waals surface area contributed by atoms with Crippen LogP contribution in [0.3, 0.4) is 0 Å². The van der Waals surface area contributed by atoms with Crippen LogP contribution in [0.1, 0.15) is 64.6 Å². The van der Waals surface area contributed by atoms with Crippen LogP contribution in [0, 0.1) is 5.92 Å². The molecule has 1 heteroatoms. The lowest BCUT2D eigenvalue weighted by molar-refractivity contribution is 0.714. The van der Waals surface area contributed by atoms with Crippen LogP contribution >= 0.6 is 0 Å². The van der Waals surface area contributed by atoms with E-state index in [1.165, 1.54) is 22.3 Å². The molecule has 0 heterocycles. The molecule has 0 spiro atoms. The zero-order chi connectivity index (χ0) is 16.5. The summed E-state index contributed by atoms with van der Waals surface area (Å²) in [6, 6.07) is 8.66. The van der Waals surface area contributed by atoms with Gasteiger partial charge in [0.15, 0.2) is 0 Å². The van der Waals surface area contributed by atoms with E-state index in [1.807, 2.05) is 0 Å². The molecule has 0 aliphatic carbocycles. The maximum Gasteiger partial charge on any atom is 0.0332 e. The first kappa shape index (κ1) is 18.4. The van der Waals surface area contributed by atoms with E-state index in [4.69, 9.17) is 5.73 Å². The number of benzene rings is 1. The highest BCUT2D eigenvalue weighted by molar-refractivity contribution is 5.50. The van der Waals surface area contributed by atoms with Crippen LogP contribution in [0.25, 0.3) is 6.08 Å². The van der Waals surface area contributed by atoms with Crippen LogP contribution in [0.5, 0.6) is 0 Å². The van der Waals surface area contributed by atoms with Gasteiger partial charge in [0.2, 0.25) is 0 Å². The van der Waals surface area contributed by atoms with Crippen LogP contribution in [-0.2, 0) is 0 Å². The highest BCUT2D eigenvalue weighted by Gasteiger charge is 2.06. The predicted octanol–water partition coefficient (Wildman–Crippen LogP) is 6.05. The zero-order valence-electron chi connectivity index (χ0n) is 14.8. The summed E-state index contributed by atoms with van der Waals surface area (Å²) in [4.78, 5) is 0. The molecule has 0 fully saturated rings. The van der Waals surface area contributed by atoms with E-state index in [2.05, 4.69) is 83.2 Å². The summed E-state index contributed by atoms with van der Waals surface area (Å²) in [5.41, 5.74) is 11.5. The highest BCUT2D eigenvalue weighted by Crippen LogP contribution is 2.21. The molecule has 0 bridgehead atoms. The van der Waals surface area contributed by atoms with Crippen LogP contribution in [0.15, 0.2) is 53.6 Å². The van der Waals surface area contributed by atoms with Crippen molar-refractivity contribution in [1.29, 1.82) is 0 Å². The Balaban J connectivity index is 2.72. The standard InChI is InChI=1S/C21H31N/c1-6-18(7-2)14-17(5)15-21(22)20-12-10-19(11-13-20)9-8-16(3)4/h6,8-14,16,21H,7,15,22H2,1-5H3/b9-8+,17-14+,18-6-. The average Bonchev–Trinajstić information content (AvgIpc) is 2.50. The molecule has 1 aromatic rings. The fourth-order valence-electron chi connectivity index (χ4n) is 2.39. The van der Waals surface area contributed by atoms with Crippen molar-refractivity contribution < 1.29 is 0 Å². The fraction of sp³-hybridized carbons (Fsp3) is 0.429. The van der Waals surface area contributed by atoms with Crippen LogP contribution in [0.2, 0.25) is 0 Å². The summed E-state index contributed by atoms with van der Waals surface area (Å²) in [6.07, 6.45) is 10.8. The molecule has 1 nitrogen and oxygen atoms in total. The summed E-state index contributed by atoms with van der Waals surface area (Å²) in [5.74, 6) is 0.578. The lowest BCUT2D eigenvalue weighted by Crippen LogP contribution is -2.10. The molecule has 0 aliphatic rings. The van der Waals surface area contributed by atoms with E-state index in [0.717, 1.165) is 12.8 Å². The van der Waals surface area contributed by atoms with Crippen LogP contribution in [0.4, 0.5) is 0 Å². The summed E-state index contributed by atoms with van der Waals surface area (Å²) in [5, 5.41) is 0. The second-order valence-electron chi connectivity index (χ2n) is 6.29. The first-order valence-electron chi connectivity index (χ1n) is 8.32. The van der Waals surface area contributed by atoms with Gasteiger partial charge in [-0.1, -0.05) is 80.5 Å². The Morgan fingerprint density at radius 3 is 2.32 bits per heavy atom. The summed E-state index contributed by atoms with van der Waals surface area (Å²) in [6.45, 7) is 10.8. The molecule has 120 valence electrons. The van der Waals surface area contributed by atoms with Crippen molar-refractivity contribution >= 4 is 6.08 Å². The molecule has 0 amide bonds. The SMILES string of the molecule is C/C=C(\C=C(/C)CC(N)c1ccc(/C=C/C(C)C)cc1)CC. The minimum atomic E-state index is 0.0642. The largest absolute Gasteiger partial charge is 0.324 e. The molecule has 0 radical (unpaired) electrons. The van der Waals surface area contributed by atoms with Gasteiger partial charge in [-0.05, 0) is 43.7 Å². The Hall–Kier alpha value is -1.60. The Labute approximate surface area is 136 Å². The Morgan fingerprint density at radius 1 is 1.18 bits per heavy atom. The molecule has 1 rings (SSSR count). The summed E-state index contributed by atoms with van der Waals surface area (Å²) < 4.78 is 0. The van der Waals surface area contributed by atoms with Crippen molar-refractivity contribution in [2.24, 2.45) is 11.7 Å².